The Hall–Kier alpha value is -6.04. The van der Waals surface area contributed by atoms with Crippen LogP contribution < -0.4 is 19.9 Å². The fourth-order valence-corrected chi connectivity index (χ4v) is 12.4. The smallest absolute Gasteiger partial charge is 0.319 e. The summed E-state index contributed by atoms with van der Waals surface area (Å²) < 4.78 is 38.9. The molecule has 0 bridgehead atoms. The van der Waals surface area contributed by atoms with E-state index in [1.807, 2.05) is 24.0 Å². The van der Waals surface area contributed by atoms with E-state index < -0.39 is 29.2 Å². The van der Waals surface area contributed by atoms with Crippen LogP contribution in [0.2, 0.25) is 0 Å². The Kier molecular flexibility index (Phi) is 12.6. The lowest BCUT2D eigenvalue weighted by molar-refractivity contribution is -0.136. The Morgan fingerprint density at radius 1 is 0.847 bits per heavy atom. The van der Waals surface area contributed by atoms with E-state index in [0.717, 1.165) is 102 Å². The molecule has 6 aliphatic rings. The van der Waals surface area contributed by atoms with Crippen molar-refractivity contribution < 1.29 is 38.1 Å². The fraction of sp³-hybridized carbons (Fsp3) is 0.527. The number of aliphatic hydroxyl groups is 1. The summed E-state index contributed by atoms with van der Waals surface area (Å²) in [5, 5.41) is 25.7. The van der Waals surface area contributed by atoms with E-state index in [0.29, 0.717) is 78.6 Å². The fourth-order valence-electron chi connectivity index (χ4n) is 12.4. The first-order chi connectivity index (χ1) is 34.6. The third-order valence-corrected chi connectivity index (χ3v) is 16.9. The summed E-state index contributed by atoms with van der Waals surface area (Å²) >= 11 is 0. The van der Waals surface area contributed by atoms with Crippen LogP contribution in [-0.4, -0.2) is 141 Å². The zero-order valence-corrected chi connectivity index (χ0v) is 41.6. The molecule has 380 valence electrons. The van der Waals surface area contributed by atoms with Gasteiger partial charge in [0, 0.05) is 93.7 Å². The molecule has 3 aromatic carbocycles. The van der Waals surface area contributed by atoms with Crippen molar-refractivity contribution in [1.29, 1.82) is 0 Å². The minimum absolute atomic E-state index is 0.00960. The molecule has 3 amide bonds. The lowest BCUT2D eigenvalue weighted by Crippen LogP contribution is -2.52. The van der Waals surface area contributed by atoms with Crippen LogP contribution in [0.1, 0.15) is 100 Å². The molecule has 15 nitrogen and oxygen atoms in total. The normalized spacial score (nSPS) is 23.5. The summed E-state index contributed by atoms with van der Waals surface area (Å²) in [4.78, 5) is 62.9. The molecule has 0 radical (unpaired) electrons. The first kappa shape index (κ1) is 48.2. The maximum absolute atomic E-state index is 17.2. The van der Waals surface area contributed by atoms with Crippen LogP contribution in [-0.2, 0) is 22.6 Å². The molecule has 0 unspecified atom stereocenters. The maximum Gasteiger partial charge on any atom is 0.319 e. The number of nitrogens with zero attached hydrogens (tertiary/aromatic N) is 8. The number of imide groups is 1. The number of phenolic OH excluding ortho intramolecular Hbond substituents is 1. The third kappa shape index (κ3) is 9.21. The Bertz CT molecular complexity index is 2970. The number of benzene rings is 3. The average molecular weight is 986 g/mol. The van der Waals surface area contributed by atoms with Crippen molar-refractivity contribution >= 4 is 50.9 Å². The van der Waals surface area contributed by atoms with Gasteiger partial charge in [-0.05, 0) is 142 Å². The molecule has 72 heavy (non-hydrogen) atoms. The predicted molar refractivity (Wildman–Crippen MR) is 270 cm³/mol. The molecule has 3 N–H and O–H groups in total. The van der Waals surface area contributed by atoms with Gasteiger partial charge in [-0.25, -0.2) is 8.78 Å². The van der Waals surface area contributed by atoms with Gasteiger partial charge >= 0.3 is 6.01 Å². The van der Waals surface area contributed by atoms with Gasteiger partial charge in [0.1, 0.15) is 34.6 Å². The van der Waals surface area contributed by atoms with Gasteiger partial charge in [-0.3, -0.25) is 29.6 Å². The van der Waals surface area contributed by atoms with Gasteiger partial charge in [0.05, 0.1) is 17.6 Å². The molecule has 5 aliphatic heterocycles. The highest BCUT2D eigenvalue weighted by molar-refractivity contribution is 6.06. The van der Waals surface area contributed by atoms with E-state index >= 15 is 8.78 Å². The summed E-state index contributed by atoms with van der Waals surface area (Å²) in [5.74, 6) is -1.63. The van der Waals surface area contributed by atoms with Crippen molar-refractivity contribution in [3.05, 3.63) is 77.0 Å². The zero-order valence-electron chi connectivity index (χ0n) is 41.6. The van der Waals surface area contributed by atoms with Gasteiger partial charge in [0.15, 0.2) is 5.82 Å². The molecule has 11 rings (SSSR count). The number of likely N-dealkylation sites (tertiary alicyclic amines) is 1. The second kappa shape index (κ2) is 18.8. The number of phenols is 1. The third-order valence-electron chi connectivity index (χ3n) is 16.9. The Morgan fingerprint density at radius 2 is 1.61 bits per heavy atom. The van der Waals surface area contributed by atoms with E-state index in [1.54, 1.807) is 24.0 Å². The highest BCUT2D eigenvalue weighted by atomic mass is 19.1. The van der Waals surface area contributed by atoms with Crippen molar-refractivity contribution in [3.8, 4) is 23.0 Å². The predicted octanol–water partition coefficient (Wildman–Crippen LogP) is 6.98. The zero-order chi connectivity index (χ0) is 50.1. The van der Waals surface area contributed by atoms with Crippen LogP contribution in [0.4, 0.5) is 20.3 Å². The van der Waals surface area contributed by atoms with Crippen molar-refractivity contribution in [3.63, 3.8) is 0 Å². The molecule has 2 aromatic heterocycles. The maximum atomic E-state index is 17.2. The van der Waals surface area contributed by atoms with Gasteiger partial charge in [-0.2, -0.15) is 9.97 Å². The second-order valence-corrected chi connectivity index (χ2v) is 21.9. The standard InChI is InChI=1S/C55H65F2N9O6/c1-4-38-42(56)10-7-34-26-37(67)27-40(45(34)38)47-46(57)48-41(28-58-47)49(65-18-6-13-53(3,71)30-65)61-52(60-48)72-33-55(14-15-55)32-62-19-16-54(5-2,17-20-62)31-63-21-23-64(24-22-63)36-8-9-39-35(25-36)29-66(51(39)70)43-11-12-44(68)59-50(43)69/h7-10,25-28,43,67,71H,4-6,11-24,29-33H2,1-3H3,(H,59,68,69)/t43-,53+/m0/s1. The number of aromatic hydroxyl groups is 1. The summed E-state index contributed by atoms with van der Waals surface area (Å²) in [6, 6.07) is 11.4. The number of pyridine rings is 1. The lowest BCUT2D eigenvalue weighted by atomic mass is 9.75. The number of ether oxygens (including phenoxy) is 1. The first-order valence-electron chi connectivity index (χ1n) is 26.0. The summed E-state index contributed by atoms with van der Waals surface area (Å²) in [5.41, 5.74) is 2.45. The van der Waals surface area contributed by atoms with Crippen molar-refractivity contribution in [1.82, 2.24) is 35.0 Å². The first-order valence-corrected chi connectivity index (χ1v) is 26.0. The number of piperazine rings is 1. The SMILES string of the molecule is CCc1c(F)ccc2cc(O)cc(-c3ncc4c(N5CCC[C@@](C)(O)C5)nc(OCC5(CN6CCC(CC)(CN7CCN(c8ccc9c(c8)CN([C@H]8CCC(=O)NC8=O)C9=O)CC7)CC6)CC5)nc4c3F)c12. The Labute approximate surface area is 418 Å². The largest absolute Gasteiger partial charge is 0.508 e. The van der Waals surface area contributed by atoms with Crippen molar-refractivity contribution in [2.75, 3.05) is 81.9 Å². The minimum atomic E-state index is -0.970. The average Bonchev–Trinajstić information content (AvgIpc) is 4.06. The highest BCUT2D eigenvalue weighted by Crippen LogP contribution is 2.48. The number of anilines is 2. The Balaban J connectivity index is 0.741. The van der Waals surface area contributed by atoms with E-state index in [-0.39, 0.29) is 57.6 Å². The number of rotatable bonds is 13. The van der Waals surface area contributed by atoms with Gasteiger partial charge in [-0.15, -0.1) is 0 Å². The van der Waals surface area contributed by atoms with E-state index in [4.69, 9.17) is 14.7 Å². The number of hydrogen-bond donors (Lipinski definition) is 3. The molecule has 1 aliphatic carbocycles. The molecule has 0 spiro atoms. The van der Waals surface area contributed by atoms with Crippen LogP contribution >= 0.6 is 0 Å². The van der Waals surface area contributed by atoms with Gasteiger partial charge in [0.2, 0.25) is 11.8 Å². The number of aryl methyl sites for hydroxylation is 1. The van der Waals surface area contributed by atoms with Crippen molar-refractivity contribution in [2.45, 2.75) is 103 Å². The molecule has 7 heterocycles. The molecular formula is C55H65F2N9O6. The number of hydrogen-bond acceptors (Lipinski definition) is 13. The summed E-state index contributed by atoms with van der Waals surface area (Å²) in [6.07, 6.45) is 9.16. The molecule has 4 saturated heterocycles. The molecule has 5 fully saturated rings. The van der Waals surface area contributed by atoms with Crippen LogP contribution in [0.15, 0.2) is 48.7 Å². The summed E-state index contributed by atoms with van der Waals surface area (Å²) in [6.45, 7) is 15.2. The quantitative estimate of drug-likeness (QED) is 0.104. The summed E-state index contributed by atoms with van der Waals surface area (Å²) in [7, 11) is 0. The number of carbonyl (C=O) groups excluding carboxylic acids is 3. The number of β-amino-alcohol motifs (C(OH)–C–C–N with tert-alkyl or cyclic N) is 1. The molecular weight excluding hydrogens is 921 g/mol. The molecule has 2 atom stereocenters. The van der Waals surface area contributed by atoms with Crippen LogP contribution in [0.25, 0.3) is 32.9 Å². The minimum Gasteiger partial charge on any atom is -0.508 e. The van der Waals surface area contributed by atoms with Gasteiger partial charge < -0.3 is 34.5 Å². The van der Waals surface area contributed by atoms with E-state index in [9.17, 15) is 24.6 Å². The molecule has 1 saturated carbocycles. The number of piperidine rings is 3. The van der Waals surface area contributed by atoms with E-state index in [1.165, 1.54) is 18.3 Å². The number of carbonyl (C=O) groups is 3. The van der Waals surface area contributed by atoms with Gasteiger partial charge in [0.25, 0.3) is 5.91 Å². The highest BCUT2D eigenvalue weighted by Gasteiger charge is 2.47. The van der Waals surface area contributed by atoms with Crippen LogP contribution in [0, 0.1) is 22.5 Å². The number of fused-ring (bicyclic) bond motifs is 3. The van der Waals surface area contributed by atoms with Crippen molar-refractivity contribution in [2.24, 2.45) is 10.8 Å². The number of nitrogens with one attached hydrogen (secondary N) is 1. The monoisotopic (exact) mass is 986 g/mol. The van der Waals surface area contributed by atoms with Gasteiger partial charge in [-0.1, -0.05) is 19.9 Å². The Morgan fingerprint density at radius 3 is 2.33 bits per heavy atom. The van der Waals surface area contributed by atoms with Crippen LogP contribution in [0.5, 0.6) is 11.8 Å². The topological polar surface area (TPSA) is 168 Å². The molecule has 5 aromatic rings. The second-order valence-electron chi connectivity index (χ2n) is 21.9. The lowest BCUT2D eigenvalue weighted by Gasteiger charge is -2.46. The molecule has 17 heteroatoms. The van der Waals surface area contributed by atoms with E-state index in [2.05, 4.69) is 38.0 Å². The number of halogens is 2. The van der Waals surface area contributed by atoms with Crippen LogP contribution in [0.3, 0.4) is 0 Å². The number of aromatic nitrogens is 3. The number of amides is 3.